The zero-order valence-corrected chi connectivity index (χ0v) is 16.4. The first-order valence-corrected chi connectivity index (χ1v) is 9.51. The Morgan fingerprint density at radius 1 is 0.615 bits per heavy atom. The molecule has 6 heteroatoms. The molecule has 0 spiro atoms. The van der Waals surface area contributed by atoms with Gasteiger partial charge >= 0.3 is 152 Å². The second kappa shape index (κ2) is 21.0. The van der Waals surface area contributed by atoms with Crippen molar-refractivity contribution in [1.82, 2.24) is 0 Å². The second-order valence-electron chi connectivity index (χ2n) is 3.97. The van der Waals surface area contributed by atoms with Crippen LogP contribution in [-0.2, 0) is 35.7 Å². The fraction of sp³-hybridized carbons (Fsp3) is 0. The van der Waals surface area contributed by atoms with Gasteiger partial charge in [0, 0.05) is 17.1 Å². The third-order valence-corrected chi connectivity index (χ3v) is 7.58. The molecule has 3 rings (SSSR count). The summed E-state index contributed by atoms with van der Waals surface area (Å²) in [5, 5.41) is 0. The fourth-order valence-corrected chi connectivity index (χ4v) is 6.34. The summed E-state index contributed by atoms with van der Waals surface area (Å²) in [6, 6.07) is 19.6. The molecule has 1 aliphatic heterocycles. The molecule has 1 unspecified atom stereocenters. The average Bonchev–Trinajstić information content (AvgIpc) is 2.97. The van der Waals surface area contributed by atoms with Gasteiger partial charge in [-0.15, -0.1) is 0 Å². The van der Waals surface area contributed by atoms with Crippen molar-refractivity contribution in [3.05, 3.63) is 104 Å². The van der Waals surface area contributed by atoms with E-state index in [1.165, 1.54) is 14.3 Å². The minimum atomic E-state index is -1.25. The van der Waals surface area contributed by atoms with E-state index in [-0.39, 0.29) is 17.1 Å². The Labute approximate surface area is 168 Å². The quantitative estimate of drug-likeness (QED) is 0.365. The number of benzene rings is 2. The molecular formula is C20H13AsFeO4. The number of rotatable bonds is 1. The van der Waals surface area contributed by atoms with Crippen LogP contribution in [0.5, 0.6) is 0 Å². The van der Waals surface area contributed by atoms with Gasteiger partial charge in [0.2, 0.25) is 0 Å². The van der Waals surface area contributed by atoms with Gasteiger partial charge < -0.3 is 0 Å². The number of hydrogen-bond donors (Lipinski definition) is 0. The fourth-order valence-electron chi connectivity index (χ4n) is 2.04. The summed E-state index contributed by atoms with van der Waals surface area (Å²) < 4.78 is 33.0. The summed E-state index contributed by atoms with van der Waals surface area (Å²) in [5.41, 5.74) is 1.38. The zero-order valence-electron chi connectivity index (χ0n) is 13.4. The van der Waals surface area contributed by atoms with Crippen LogP contribution in [0.25, 0.3) is 6.08 Å². The van der Waals surface area contributed by atoms with Gasteiger partial charge in [0.05, 0.1) is 0 Å². The molecule has 0 bridgehead atoms. The third kappa shape index (κ3) is 9.44. The van der Waals surface area contributed by atoms with Crippen LogP contribution in [0.4, 0.5) is 0 Å². The Kier molecular flexibility index (Phi) is 23.2. The van der Waals surface area contributed by atoms with Crippen molar-refractivity contribution in [2.24, 2.45) is 0 Å². The van der Waals surface area contributed by atoms with E-state index in [1.54, 1.807) is 0 Å². The van der Waals surface area contributed by atoms with E-state index in [9.17, 15) is 0 Å². The Morgan fingerprint density at radius 2 is 1.12 bits per heavy atom. The number of fused-ring (bicyclic) bond motifs is 1. The first-order valence-electron chi connectivity index (χ1n) is 6.55. The van der Waals surface area contributed by atoms with Crippen molar-refractivity contribution in [3.8, 4) is 0 Å². The van der Waals surface area contributed by atoms with Crippen LogP contribution < -0.4 is 8.70 Å². The van der Waals surface area contributed by atoms with Gasteiger partial charge in [-0.3, -0.25) is 0 Å². The van der Waals surface area contributed by atoms with Crippen molar-refractivity contribution in [3.63, 3.8) is 0 Å². The van der Waals surface area contributed by atoms with E-state index in [1.807, 2.05) is 0 Å². The summed E-state index contributed by atoms with van der Waals surface area (Å²) in [4.78, 5) is 2.41. The molecule has 130 valence electrons. The molecule has 0 aromatic heterocycles. The molecule has 2 aromatic carbocycles. The Bertz CT molecular complexity index is 722. The maximum absolute atomic E-state index is 7.50. The zero-order chi connectivity index (χ0) is 19.5. The van der Waals surface area contributed by atoms with Crippen molar-refractivity contribution < 1.29 is 35.7 Å². The van der Waals surface area contributed by atoms with Gasteiger partial charge in [-0.2, -0.15) is 0 Å². The smallest absolute Gasteiger partial charge is 0 e. The van der Waals surface area contributed by atoms with Gasteiger partial charge in [0.25, 0.3) is 0 Å². The topological polar surface area (TPSA) is 79.6 Å². The van der Waals surface area contributed by atoms with Crippen LogP contribution in [0, 0.1) is 26.6 Å². The summed E-state index contributed by atoms with van der Waals surface area (Å²) in [6.45, 7) is 18.0. The van der Waals surface area contributed by atoms with Crippen LogP contribution >= 0.6 is 0 Å². The summed E-state index contributed by atoms with van der Waals surface area (Å²) >= 11 is -1.25. The van der Waals surface area contributed by atoms with E-state index in [2.05, 4.69) is 104 Å². The maximum Gasteiger partial charge on any atom is 0 e. The molecule has 1 aliphatic rings. The Morgan fingerprint density at radius 3 is 1.69 bits per heavy atom. The molecule has 4 nitrogen and oxygen atoms in total. The average molecular weight is 448 g/mol. The maximum atomic E-state index is 7.50. The predicted octanol–water partition coefficient (Wildman–Crippen LogP) is 2.27. The van der Waals surface area contributed by atoms with Gasteiger partial charge in [-0.05, 0) is 0 Å². The molecule has 1 atom stereocenters. The van der Waals surface area contributed by atoms with Crippen molar-refractivity contribution in [1.29, 1.82) is 0 Å². The van der Waals surface area contributed by atoms with E-state index in [0.717, 1.165) is 0 Å². The van der Waals surface area contributed by atoms with Crippen LogP contribution in [0.15, 0.2) is 71.6 Å². The molecule has 26 heavy (non-hydrogen) atoms. The Balaban J connectivity index is -0.000000524. The van der Waals surface area contributed by atoms with Gasteiger partial charge in [0.1, 0.15) is 0 Å². The number of hydrogen-bond acceptors (Lipinski definition) is 0. The monoisotopic (exact) mass is 448 g/mol. The summed E-state index contributed by atoms with van der Waals surface area (Å²) in [6.07, 6.45) is 6.56. The van der Waals surface area contributed by atoms with Gasteiger partial charge in [-0.1, -0.05) is 0 Å². The minimum Gasteiger partial charge on any atom is 0 e. The molecule has 0 N–H and O–H groups in total. The minimum absolute atomic E-state index is 0. The molecule has 0 saturated carbocycles. The van der Waals surface area contributed by atoms with Crippen LogP contribution in [-0.4, -0.2) is 14.7 Å². The summed E-state index contributed by atoms with van der Waals surface area (Å²) in [7, 11) is 0. The SMILES string of the molecule is C1=Cc2ccccc2[As](c2ccccc2)C=C1.[C-]#[O+].[C-]#[O+].[C-]#[O+].[C-]#[O+].[Fe]. The molecule has 1 heterocycles. The molecule has 2 aromatic rings. The third-order valence-electron chi connectivity index (χ3n) is 2.85. The Hall–Kier alpha value is -2.04. The first kappa shape index (κ1) is 28.7. The van der Waals surface area contributed by atoms with Crippen LogP contribution in [0.1, 0.15) is 5.56 Å². The number of allylic oxidation sites excluding steroid dienone is 2. The molecule has 0 aliphatic carbocycles. The van der Waals surface area contributed by atoms with Gasteiger partial charge in [-0.25, -0.2) is 0 Å². The molecule has 0 fully saturated rings. The molecular weight excluding hydrogens is 435 g/mol. The second-order valence-corrected chi connectivity index (χ2v) is 8.24. The van der Waals surface area contributed by atoms with Crippen molar-refractivity contribution in [2.75, 3.05) is 0 Å². The molecule has 0 radical (unpaired) electrons. The van der Waals surface area contributed by atoms with E-state index in [4.69, 9.17) is 18.6 Å². The van der Waals surface area contributed by atoms with E-state index >= 15 is 0 Å². The molecule has 0 saturated heterocycles. The molecule has 0 amide bonds. The normalized spacial score (nSPS) is 11.8. The van der Waals surface area contributed by atoms with Crippen LogP contribution in [0.2, 0.25) is 0 Å². The first-order chi connectivity index (χ1) is 12.4. The van der Waals surface area contributed by atoms with Crippen molar-refractivity contribution in [2.45, 2.75) is 0 Å². The van der Waals surface area contributed by atoms with Crippen molar-refractivity contribution >= 4 is 29.4 Å². The van der Waals surface area contributed by atoms with E-state index in [0.29, 0.717) is 0 Å². The standard InChI is InChI=1S/C16H13As.4CO.Fe/c1-2-10-15(11-3-1)17-13-7-6-9-14-8-4-5-12-16(14)17;4*1-2;/h1-13H;;;;;. The van der Waals surface area contributed by atoms with Gasteiger partial charge in [0.15, 0.2) is 0 Å². The van der Waals surface area contributed by atoms with Crippen LogP contribution in [0.3, 0.4) is 0 Å². The van der Waals surface area contributed by atoms with E-state index < -0.39 is 14.7 Å². The largest absolute Gasteiger partial charge is 0 e. The summed E-state index contributed by atoms with van der Waals surface area (Å²) in [5.74, 6) is 0. The predicted molar refractivity (Wildman–Crippen MR) is 91.8 cm³/mol.